The van der Waals surface area contributed by atoms with E-state index in [1.165, 1.54) is 6.92 Å². The van der Waals surface area contributed by atoms with Crippen LogP contribution in [-0.2, 0) is 6.18 Å². The maximum Gasteiger partial charge on any atom is 0.420 e. The third-order valence-corrected chi connectivity index (χ3v) is 2.30. The summed E-state index contributed by atoms with van der Waals surface area (Å²) in [6, 6.07) is 0.639. The highest BCUT2D eigenvalue weighted by Gasteiger charge is 2.36. The summed E-state index contributed by atoms with van der Waals surface area (Å²) in [4.78, 5) is 11.6. The van der Waals surface area contributed by atoms with Crippen molar-refractivity contribution in [3.05, 3.63) is 23.3 Å². The lowest BCUT2D eigenvalue weighted by Gasteiger charge is -2.14. The molecular formula is C11H12F3NO3. The molecule has 0 aromatic heterocycles. The zero-order valence-corrected chi connectivity index (χ0v) is 9.71. The lowest BCUT2D eigenvalue weighted by molar-refractivity contribution is -0.138. The Labute approximate surface area is 101 Å². The van der Waals surface area contributed by atoms with Gasteiger partial charge in [-0.1, -0.05) is 0 Å². The third kappa shape index (κ3) is 2.73. The summed E-state index contributed by atoms with van der Waals surface area (Å²) in [5.74, 6) is -2.14. The van der Waals surface area contributed by atoms with Crippen molar-refractivity contribution >= 4 is 5.78 Å². The van der Waals surface area contributed by atoms with Crippen LogP contribution in [0.4, 0.5) is 13.2 Å². The molecule has 0 saturated heterocycles. The number of rotatable bonds is 3. The van der Waals surface area contributed by atoms with Crippen LogP contribution in [0.5, 0.6) is 11.5 Å². The minimum Gasteiger partial charge on any atom is -0.504 e. The lowest BCUT2D eigenvalue weighted by atomic mass is 10.0. The number of methoxy groups -OCH3 is 1. The molecule has 4 nitrogen and oxygen atoms in total. The van der Waals surface area contributed by atoms with Gasteiger partial charge in [-0.3, -0.25) is 4.79 Å². The molecule has 18 heavy (non-hydrogen) atoms. The zero-order valence-electron chi connectivity index (χ0n) is 9.71. The molecule has 7 heteroatoms. The minimum atomic E-state index is -4.79. The number of hydrogen-bond donors (Lipinski definition) is 2. The van der Waals surface area contributed by atoms with Gasteiger partial charge in [-0.25, -0.2) is 0 Å². The Morgan fingerprint density at radius 1 is 1.44 bits per heavy atom. The number of hydrogen-bond acceptors (Lipinski definition) is 4. The molecule has 0 radical (unpaired) electrons. The Balaban J connectivity index is 3.45. The van der Waals surface area contributed by atoms with Gasteiger partial charge in [0.15, 0.2) is 17.3 Å². The summed E-state index contributed by atoms with van der Waals surface area (Å²) < 4.78 is 42.6. The van der Waals surface area contributed by atoms with Crippen molar-refractivity contribution in [1.82, 2.24) is 0 Å². The van der Waals surface area contributed by atoms with Crippen molar-refractivity contribution in [1.29, 1.82) is 0 Å². The van der Waals surface area contributed by atoms with Crippen LogP contribution < -0.4 is 10.5 Å². The van der Waals surface area contributed by atoms with Crippen LogP contribution >= 0.6 is 0 Å². The SMILES string of the molecule is COc1cc(C(=O)C(C)N)cc(C(F)(F)F)c1O. The zero-order chi connectivity index (χ0) is 14.1. The highest BCUT2D eigenvalue weighted by Crippen LogP contribution is 2.41. The number of halogens is 3. The second-order valence-electron chi connectivity index (χ2n) is 3.73. The van der Waals surface area contributed by atoms with Gasteiger partial charge in [0.05, 0.1) is 13.2 Å². The largest absolute Gasteiger partial charge is 0.504 e. The van der Waals surface area contributed by atoms with E-state index < -0.39 is 35.1 Å². The first-order valence-electron chi connectivity index (χ1n) is 4.96. The van der Waals surface area contributed by atoms with Gasteiger partial charge in [0.25, 0.3) is 0 Å². The predicted molar refractivity (Wildman–Crippen MR) is 57.6 cm³/mol. The Morgan fingerprint density at radius 3 is 2.39 bits per heavy atom. The number of ketones is 1. The normalized spacial score (nSPS) is 13.2. The Bertz CT molecular complexity index is 469. The summed E-state index contributed by atoms with van der Waals surface area (Å²) in [7, 11) is 1.09. The summed E-state index contributed by atoms with van der Waals surface area (Å²) in [5.41, 5.74) is 3.74. The van der Waals surface area contributed by atoms with Crippen LogP contribution in [0.25, 0.3) is 0 Å². The van der Waals surface area contributed by atoms with E-state index >= 15 is 0 Å². The number of nitrogens with two attached hydrogens (primary N) is 1. The molecule has 0 spiro atoms. The van der Waals surface area contributed by atoms with E-state index in [2.05, 4.69) is 4.74 Å². The van der Waals surface area contributed by atoms with E-state index in [4.69, 9.17) is 5.73 Å². The summed E-state index contributed by atoms with van der Waals surface area (Å²) in [6.07, 6.45) is -4.79. The fourth-order valence-corrected chi connectivity index (χ4v) is 1.38. The van der Waals surface area contributed by atoms with Crippen LogP contribution in [0.3, 0.4) is 0 Å². The van der Waals surface area contributed by atoms with Gasteiger partial charge in [0.2, 0.25) is 0 Å². The highest BCUT2D eigenvalue weighted by atomic mass is 19.4. The molecule has 1 aromatic carbocycles. The molecule has 0 fully saturated rings. The first kappa shape index (κ1) is 14.3. The van der Waals surface area contributed by atoms with Crippen LogP contribution in [0.15, 0.2) is 12.1 Å². The fraction of sp³-hybridized carbons (Fsp3) is 0.364. The van der Waals surface area contributed by atoms with Crippen LogP contribution in [0.2, 0.25) is 0 Å². The molecule has 0 amide bonds. The maximum absolute atomic E-state index is 12.7. The van der Waals surface area contributed by atoms with Gasteiger partial charge in [-0.05, 0) is 19.1 Å². The average molecular weight is 263 g/mol. The molecule has 0 bridgehead atoms. The van der Waals surface area contributed by atoms with E-state index in [9.17, 15) is 23.1 Å². The molecule has 1 aromatic rings. The summed E-state index contributed by atoms with van der Waals surface area (Å²) in [6.45, 7) is 1.36. The topological polar surface area (TPSA) is 72.5 Å². The monoisotopic (exact) mass is 263 g/mol. The standard InChI is InChI=1S/C11H12F3NO3/c1-5(15)9(16)6-3-7(11(12,13)14)10(17)8(4-6)18-2/h3-5,17H,15H2,1-2H3. The number of benzene rings is 1. The van der Waals surface area contributed by atoms with Gasteiger partial charge < -0.3 is 15.6 Å². The van der Waals surface area contributed by atoms with Crippen LogP contribution in [-0.4, -0.2) is 24.0 Å². The molecular weight excluding hydrogens is 251 g/mol. The number of aromatic hydroxyl groups is 1. The van der Waals surface area contributed by atoms with Crippen molar-refractivity contribution < 1.29 is 27.8 Å². The number of carbonyl (C=O) groups is 1. The Hall–Kier alpha value is -1.76. The van der Waals surface area contributed by atoms with E-state index in [0.717, 1.165) is 13.2 Å². The van der Waals surface area contributed by atoms with Gasteiger partial charge in [-0.2, -0.15) is 13.2 Å². The van der Waals surface area contributed by atoms with E-state index in [-0.39, 0.29) is 5.56 Å². The highest BCUT2D eigenvalue weighted by molar-refractivity contribution is 6.00. The van der Waals surface area contributed by atoms with Crippen molar-refractivity contribution in [2.45, 2.75) is 19.1 Å². The number of Topliss-reactive ketones (excluding diaryl/α,β-unsaturated/α-hetero) is 1. The van der Waals surface area contributed by atoms with E-state index in [1.807, 2.05) is 0 Å². The van der Waals surface area contributed by atoms with Crippen LogP contribution in [0.1, 0.15) is 22.8 Å². The van der Waals surface area contributed by atoms with Gasteiger partial charge >= 0.3 is 6.18 Å². The maximum atomic E-state index is 12.7. The molecule has 0 aliphatic carbocycles. The number of ether oxygens (including phenoxy) is 1. The number of phenols is 1. The smallest absolute Gasteiger partial charge is 0.420 e. The predicted octanol–water partition coefficient (Wildman–Crippen LogP) is 1.95. The molecule has 0 aliphatic heterocycles. The lowest BCUT2D eigenvalue weighted by Crippen LogP contribution is -2.27. The quantitative estimate of drug-likeness (QED) is 0.817. The second kappa shape index (κ2) is 4.85. The molecule has 1 rings (SSSR count). The van der Waals surface area contributed by atoms with Crippen molar-refractivity contribution in [3.63, 3.8) is 0 Å². The summed E-state index contributed by atoms with van der Waals surface area (Å²) in [5, 5.41) is 9.38. The molecule has 100 valence electrons. The Kier molecular flexibility index (Phi) is 3.85. The molecule has 0 aliphatic rings. The van der Waals surface area contributed by atoms with E-state index in [0.29, 0.717) is 6.07 Å². The molecule has 0 heterocycles. The summed E-state index contributed by atoms with van der Waals surface area (Å²) >= 11 is 0. The number of carbonyl (C=O) groups excluding carboxylic acids is 1. The first-order valence-corrected chi connectivity index (χ1v) is 4.96. The number of alkyl halides is 3. The van der Waals surface area contributed by atoms with Gasteiger partial charge in [-0.15, -0.1) is 0 Å². The first-order chi connectivity index (χ1) is 8.18. The Morgan fingerprint density at radius 2 is 2.00 bits per heavy atom. The van der Waals surface area contributed by atoms with Crippen LogP contribution in [0, 0.1) is 0 Å². The average Bonchev–Trinajstić information content (AvgIpc) is 2.26. The van der Waals surface area contributed by atoms with Crippen molar-refractivity contribution in [3.8, 4) is 11.5 Å². The number of phenolic OH excluding ortho intramolecular Hbond substituents is 1. The second-order valence-corrected chi connectivity index (χ2v) is 3.73. The van der Waals surface area contributed by atoms with Gasteiger partial charge in [0.1, 0.15) is 5.56 Å². The third-order valence-electron chi connectivity index (χ3n) is 2.30. The molecule has 0 saturated carbocycles. The van der Waals surface area contributed by atoms with Gasteiger partial charge in [0, 0.05) is 5.56 Å². The minimum absolute atomic E-state index is 0.257. The van der Waals surface area contributed by atoms with E-state index in [1.54, 1.807) is 0 Å². The van der Waals surface area contributed by atoms with Crippen molar-refractivity contribution in [2.75, 3.05) is 7.11 Å². The fourth-order valence-electron chi connectivity index (χ4n) is 1.38. The molecule has 1 atom stereocenters. The van der Waals surface area contributed by atoms with Crippen molar-refractivity contribution in [2.24, 2.45) is 5.73 Å². The molecule has 3 N–H and O–H groups in total. The molecule has 1 unspecified atom stereocenters.